The Labute approximate surface area is 132 Å². The van der Waals surface area contributed by atoms with Crippen LogP contribution in [0.3, 0.4) is 0 Å². The van der Waals surface area contributed by atoms with Crippen LogP contribution in [-0.4, -0.2) is 54.1 Å². The molecule has 118 valence electrons. The first-order valence-electron chi connectivity index (χ1n) is 7.04. The third-order valence-electron chi connectivity index (χ3n) is 3.49. The minimum Gasteiger partial charge on any atom is -0.409 e. The highest BCUT2D eigenvalue weighted by atomic mass is 35.5. The van der Waals surface area contributed by atoms with Crippen molar-refractivity contribution in [3.05, 3.63) is 34.3 Å². The van der Waals surface area contributed by atoms with E-state index in [1.54, 1.807) is 6.07 Å². The molecule has 1 rings (SSSR count). The maximum absolute atomic E-state index is 8.70. The van der Waals surface area contributed by atoms with Gasteiger partial charge in [-0.25, -0.2) is 0 Å². The zero-order chi connectivity index (χ0) is 16.0. The minimum atomic E-state index is 0.0665. The second-order valence-electron chi connectivity index (χ2n) is 5.47. The molecule has 0 aromatic heterocycles. The van der Waals surface area contributed by atoms with E-state index in [2.05, 4.69) is 42.9 Å². The van der Waals surface area contributed by atoms with Gasteiger partial charge in [0.1, 0.15) is 0 Å². The number of hydrogen-bond donors (Lipinski definition) is 2. The summed E-state index contributed by atoms with van der Waals surface area (Å²) in [6.45, 7) is 7.08. The fraction of sp³-hybridized carbons (Fsp3) is 0.533. The maximum atomic E-state index is 8.70. The summed E-state index contributed by atoms with van der Waals surface area (Å²) in [6.07, 6.45) is 0. The second kappa shape index (κ2) is 8.22. The van der Waals surface area contributed by atoms with E-state index in [9.17, 15) is 0 Å². The van der Waals surface area contributed by atoms with Crippen LogP contribution in [0.25, 0.3) is 0 Å². The molecule has 21 heavy (non-hydrogen) atoms. The molecule has 0 radical (unpaired) electrons. The van der Waals surface area contributed by atoms with Crippen molar-refractivity contribution >= 4 is 17.4 Å². The largest absolute Gasteiger partial charge is 0.409 e. The Morgan fingerprint density at radius 2 is 2.10 bits per heavy atom. The van der Waals surface area contributed by atoms with E-state index in [0.29, 0.717) is 16.6 Å². The molecule has 0 aliphatic rings. The highest BCUT2D eigenvalue weighted by molar-refractivity contribution is 6.31. The van der Waals surface area contributed by atoms with Crippen molar-refractivity contribution in [3.8, 4) is 0 Å². The van der Waals surface area contributed by atoms with Gasteiger partial charge in [-0.15, -0.1) is 0 Å². The van der Waals surface area contributed by atoms with Crippen molar-refractivity contribution in [2.45, 2.75) is 26.4 Å². The van der Waals surface area contributed by atoms with Crippen LogP contribution in [-0.2, 0) is 6.54 Å². The summed E-state index contributed by atoms with van der Waals surface area (Å²) in [6, 6.07) is 5.92. The molecular formula is C15H25ClN4O. The van der Waals surface area contributed by atoms with E-state index in [1.807, 2.05) is 12.1 Å². The molecule has 0 amide bonds. The van der Waals surface area contributed by atoms with Gasteiger partial charge in [-0.05, 0) is 39.2 Å². The highest BCUT2D eigenvalue weighted by Crippen LogP contribution is 2.20. The van der Waals surface area contributed by atoms with Gasteiger partial charge in [0.2, 0.25) is 0 Å². The summed E-state index contributed by atoms with van der Waals surface area (Å²) in [5.41, 5.74) is 7.23. The number of hydrogen-bond acceptors (Lipinski definition) is 4. The molecule has 3 N–H and O–H groups in total. The van der Waals surface area contributed by atoms with Gasteiger partial charge in [0.25, 0.3) is 0 Å². The monoisotopic (exact) mass is 312 g/mol. The van der Waals surface area contributed by atoms with Crippen LogP contribution in [0.2, 0.25) is 5.02 Å². The van der Waals surface area contributed by atoms with Crippen LogP contribution in [0.15, 0.2) is 23.4 Å². The summed E-state index contributed by atoms with van der Waals surface area (Å²) in [7, 11) is 4.15. The normalized spacial score (nSPS) is 14.0. The fourth-order valence-electron chi connectivity index (χ4n) is 2.33. The summed E-state index contributed by atoms with van der Waals surface area (Å²) < 4.78 is 0. The van der Waals surface area contributed by atoms with Gasteiger partial charge in [0.15, 0.2) is 5.84 Å². The fourth-order valence-corrected chi connectivity index (χ4v) is 2.57. The van der Waals surface area contributed by atoms with E-state index in [1.165, 1.54) is 0 Å². The molecule has 0 spiro atoms. The number of rotatable bonds is 7. The average molecular weight is 313 g/mol. The number of amidine groups is 1. The number of benzene rings is 1. The van der Waals surface area contributed by atoms with Gasteiger partial charge in [-0.1, -0.05) is 35.8 Å². The van der Waals surface area contributed by atoms with Crippen LogP contribution in [0.4, 0.5) is 0 Å². The molecule has 6 heteroatoms. The molecule has 0 saturated carbocycles. The first kappa shape index (κ1) is 17.8. The summed E-state index contributed by atoms with van der Waals surface area (Å²) in [4.78, 5) is 4.54. The summed E-state index contributed by atoms with van der Waals surface area (Å²) >= 11 is 6.31. The Hall–Kier alpha value is -1.30. The Kier molecular flexibility index (Phi) is 6.95. The standard InChI is InChI=1S/C15H25ClN4O/c1-5-20(11(2)9-19(3)4)10-13-7-6-12(8-14(13)16)15(17)18-21/h6-8,11,21H,5,9-10H2,1-4H3,(H2,17,18). The minimum absolute atomic E-state index is 0.0665. The van der Waals surface area contributed by atoms with Crippen LogP contribution in [0, 0.1) is 0 Å². The molecular weight excluding hydrogens is 288 g/mol. The molecule has 1 aromatic rings. The number of likely N-dealkylation sites (N-methyl/N-ethyl adjacent to an activating group) is 2. The van der Waals surface area contributed by atoms with Crippen molar-refractivity contribution in [1.29, 1.82) is 0 Å². The van der Waals surface area contributed by atoms with E-state index < -0.39 is 0 Å². The number of oxime groups is 1. The average Bonchev–Trinajstić information content (AvgIpc) is 2.44. The lowest BCUT2D eigenvalue weighted by Crippen LogP contribution is -2.39. The van der Waals surface area contributed by atoms with Crippen LogP contribution >= 0.6 is 11.6 Å². The molecule has 0 bridgehead atoms. The zero-order valence-corrected chi connectivity index (χ0v) is 13.9. The van der Waals surface area contributed by atoms with Crippen molar-refractivity contribution in [2.24, 2.45) is 10.9 Å². The topological polar surface area (TPSA) is 65.1 Å². The predicted octanol–water partition coefficient (Wildman–Crippen LogP) is 2.21. The van der Waals surface area contributed by atoms with Gasteiger partial charge in [0.05, 0.1) is 0 Å². The van der Waals surface area contributed by atoms with Crippen LogP contribution in [0.5, 0.6) is 0 Å². The Bertz CT molecular complexity index is 491. The predicted molar refractivity (Wildman–Crippen MR) is 88.1 cm³/mol. The molecule has 0 fully saturated rings. The molecule has 0 aliphatic heterocycles. The van der Waals surface area contributed by atoms with Gasteiger partial charge < -0.3 is 15.8 Å². The van der Waals surface area contributed by atoms with E-state index in [0.717, 1.165) is 25.2 Å². The summed E-state index contributed by atoms with van der Waals surface area (Å²) in [5.74, 6) is 0.0665. The van der Waals surface area contributed by atoms with Gasteiger partial charge in [-0.2, -0.15) is 0 Å². The Morgan fingerprint density at radius 3 is 2.57 bits per heavy atom. The quantitative estimate of drug-likeness (QED) is 0.351. The third kappa shape index (κ3) is 5.19. The number of nitrogens with zero attached hydrogens (tertiary/aromatic N) is 3. The maximum Gasteiger partial charge on any atom is 0.170 e. The highest BCUT2D eigenvalue weighted by Gasteiger charge is 2.15. The lowest BCUT2D eigenvalue weighted by atomic mass is 10.1. The lowest BCUT2D eigenvalue weighted by Gasteiger charge is -2.30. The van der Waals surface area contributed by atoms with Crippen molar-refractivity contribution < 1.29 is 5.21 Å². The summed E-state index contributed by atoms with van der Waals surface area (Å²) in [5, 5.41) is 12.3. The van der Waals surface area contributed by atoms with E-state index in [4.69, 9.17) is 22.5 Å². The van der Waals surface area contributed by atoms with Crippen molar-refractivity contribution in [1.82, 2.24) is 9.80 Å². The second-order valence-corrected chi connectivity index (χ2v) is 5.87. The smallest absolute Gasteiger partial charge is 0.170 e. The van der Waals surface area contributed by atoms with Crippen LogP contribution < -0.4 is 5.73 Å². The SMILES string of the molecule is CCN(Cc1ccc(/C(N)=N/O)cc1Cl)C(C)CN(C)C. The molecule has 0 heterocycles. The molecule has 1 unspecified atom stereocenters. The molecule has 1 atom stereocenters. The molecule has 1 aromatic carbocycles. The molecule has 5 nitrogen and oxygen atoms in total. The first-order valence-corrected chi connectivity index (χ1v) is 7.41. The Morgan fingerprint density at radius 1 is 1.43 bits per heavy atom. The van der Waals surface area contributed by atoms with Crippen LogP contribution in [0.1, 0.15) is 25.0 Å². The van der Waals surface area contributed by atoms with E-state index >= 15 is 0 Å². The van der Waals surface area contributed by atoms with Gasteiger partial charge >= 0.3 is 0 Å². The first-order chi connectivity index (χ1) is 9.88. The van der Waals surface area contributed by atoms with Gasteiger partial charge in [-0.3, -0.25) is 4.90 Å². The lowest BCUT2D eigenvalue weighted by molar-refractivity contribution is 0.174. The number of halogens is 1. The van der Waals surface area contributed by atoms with Crippen molar-refractivity contribution in [2.75, 3.05) is 27.2 Å². The van der Waals surface area contributed by atoms with Gasteiger partial charge in [0, 0.05) is 29.7 Å². The Balaban J connectivity index is 2.86. The van der Waals surface area contributed by atoms with Crippen molar-refractivity contribution in [3.63, 3.8) is 0 Å². The molecule has 0 aliphatic carbocycles. The third-order valence-corrected chi connectivity index (χ3v) is 3.84. The zero-order valence-electron chi connectivity index (χ0n) is 13.2. The number of nitrogens with two attached hydrogens (primary N) is 1. The molecule has 0 saturated heterocycles. The van der Waals surface area contributed by atoms with E-state index in [-0.39, 0.29) is 5.84 Å².